The number of nitrogens with one attached hydrogen (secondary N) is 1. The van der Waals surface area contributed by atoms with Gasteiger partial charge in [0.25, 0.3) is 0 Å². The van der Waals surface area contributed by atoms with Crippen molar-refractivity contribution in [2.24, 2.45) is 5.41 Å². The summed E-state index contributed by atoms with van der Waals surface area (Å²) in [6.07, 6.45) is 5.50. The minimum absolute atomic E-state index is 0.137. The number of nitrogens with zero attached hydrogens (tertiary/aromatic N) is 2. The first kappa shape index (κ1) is 13.1. The molecule has 0 aliphatic heterocycles. The lowest BCUT2D eigenvalue weighted by Gasteiger charge is -2.18. The maximum Gasteiger partial charge on any atom is 0.226 e. The summed E-state index contributed by atoms with van der Waals surface area (Å²) in [5.41, 5.74) is 0.434. The van der Waals surface area contributed by atoms with Crippen molar-refractivity contribution in [1.82, 2.24) is 9.97 Å². The highest BCUT2D eigenvalue weighted by Gasteiger charge is 2.31. The Kier molecular flexibility index (Phi) is 3.73. The van der Waals surface area contributed by atoms with E-state index in [1.54, 1.807) is 12.3 Å². The zero-order valence-electron chi connectivity index (χ0n) is 11.7. The van der Waals surface area contributed by atoms with Gasteiger partial charge in [-0.3, -0.25) is 0 Å². The van der Waals surface area contributed by atoms with Crippen LogP contribution in [0.3, 0.4) is 0 Å². The Balaban J connectivity index is 1.97. The largest absolute Gasteiger partial charge is 0.475 e. The van der Waals surface area contributed by atoms with Gasteiger partial charge in [-0.2, -0.15) is 4.98 Å². The molecule has 1 saturated carbocycles. The normalized spacial score (nSPS) is 22.2. The number of rotatable bonds is 4. The van der Waals surface area contributed by atoms with Gasteiger partial charge in [-0.1, -0.05) is 13.8 Å². The van der Waals surface area contributed by atoms with E-state index in [1.165, 1.54) is 19.3 Å². The summed E-state index contributed by atoms with van der Waals surface area (Å²) >= 11 is 0. The average Bonchev–Trinajstić information content (AvgIpc) is 2.57. The Bertz CT molecular complexity index is 404. The van der Waals surface area contributed by atoms with E-state index in [0.717, 1.165) is 0 Å². The molecule has 4 nitrogen and oxygen atoms in total. The first-order valence-electron chi connectivity index (χ1n) is 6.71. The summed E-state index contributed by atoms with van der Waals surface area (Å²) in [4.78, 5) is 8.64. The fourth-order valence-electron chi connectivity index (χ4n) is 2.46. The quantitative estimate of drug-likeness (QED) is 0.889. The van der Waals surface area contributed by atoms with E-state index in [0.29, 0.717) is 23.3 Å². The molecule has 0 radical (unpaired) electrons. The van der Waals surface area contributed by atoms with Crippen molar-refractivity contribution in [3.63, 3.8) is 0 Å². The first-order valence-corrected chi connectivity index (χ1v) is 6.71. The van der Waals surface area contributed by atoms with Crippen LogP contribution >= 0.6 is 0 Å². The monoisotopic (exact) mass is 249 g/mol. The summed E-state index contributed by atoms with van der Waals surface area (Å²) in [7, 11) is 0. The predicted octanol–water partition coefficient (Wildman–Crippen LogP) is 3.25. The average molecular weight is 249 g/mol. The molecule has 1 aliphatic carbocycles. The van der Waals surface area contributed by atoms with E-state index in [-0.39, 0.29) is 6.10 Å². The second-order valence-corrected chi connectivity index (χ2v) is 6.13. The van der Waals surface area contributed by atoms with E-state index >= 15 is 0 Å². The lowest BCUT2D eigenvalue weighted by atomic mass is 9.92. The van der Waals surface area contributed by atoms with E-state index in [9.17, 15) is 0 Å². The smallest absolute Gasteiger partial charge is 0.226 e. The molecule has 1 aromatic heterocycles. The van der Waals surface area contributed by atoms with E-state index in [2.05, 4.69) is 29.1 Å². The summed E-state index contributed by atoms with van der Waals surface area (Å²) in [5, 5.41) is 3.41. The highest BCUT2D eigenvalue weighted by molar-refractivity contribution is 5.29. The molecule has 1 N–H and O–H groups in total. The van der Waals surface area contributed by atoms with Gasteiger partial charge >= 0.3 is 0 Å². The zero-order chi connectivity index (χ0) is 13.2. The standard InChI is InChI=1S/C14H23N3O/c1-10(2)18-12-6-8-15-13(17-12)16-11-5-7-14(3,4)9-11/h6,8,10-11H,5,7,9H2,1-4H3,(H,15,16,17). The molecule has 0 bridgehead atoms. The van der Waals surface area contributed by atoms with E-state index < -0.39 is 0 Å². The van der Waals surface area contributed by atoms with Crippen LogP contribution in [-0.2, 0) is 0 Å². The number of anilines is 1. The van der Waals surface area contributed by atoms with Crippen LogP contribution in [-0.4, -0.2) is 22.1 Å². The second kappa shape index (κ2) is 5.12. The summed E-state index contributed by atoms with van der Waals surface area (Å²) in [6.45, 7) is 8.62. The molecule has 1 aliphatic rings. The van der Waals surface area contributed by atoms with Gasteiger partial charge in [0.15, 0.2) is 0 Å². The number of ether oxygens (including phenoxy) is 1. The molecule has 1 aromatic rings. The molecule has 0 aromatic carbocycles. The minimum atomic E-state index is 0.137. The van der Waals surface area contributed by atoms with E-state index in [1.807, 2.05) is 13.8 Å². The highest BCUT2D eigenvalue weighted by Crippen LogP contribution is 2.37. The van der Waals surface area contributed by atoms with Crippen molar-refractivity contribution >= 4 is 5.95 Å². The molecule has 0 amide bonds. The van der Waals surface area contributed by atoms with Crippen molar-refractivity contribution in [3.05, 3.63) is 12.3 Å². The topological polar surface area (TPSA) is 47.0 Å². The molecule has 1 fully saturated rings. The summed E-state index contributed by atoms with van der Waals surface area (Å²) in [6, 6.07) is 2.28. The van der Waals surface area contributed by atoms with Crippen molar-refractivity contribution in [1.29, 1.82) is 0 Å². The minimum Gasteiger partial charge on any atom is -0.475 e. The Morgan fingerprint density at radius 3 is 2.83 bits per heavy atom. The lowest BCUT2D eigenvalue weighted by molar-refractivity contribution is 0.232. The molecule has 100 valence electrons. The molecular formula is C14H23N3O. The Morgan fingerprint density at radius 2 is 2.22 bits per heavy atom. The maximum absolute atomic E-state index is 5.57. The second-order valence-electron chi connectivity index (χ2n) is 6.13. The molecular weight excluding hydrogens is 226 g/mol. The van der Waals surface area contributed by atoms with Crippen molar-refractivity contribution in [2.75, 3.05) is 5.32 Å². The fourth-order valence-corrected chi connectivity index (χ4v) is 2.46. The summed E-state index contributed by atoms with van der Waals surface area (Å²) in [5.74, 6) is 1.32. The van der Waals surface area contributed by atoms with Crippen molar-refractivity contribution in [3.8, 4) is 5.88 Å². The Hall–Kier alpha value is -1.32. The molecule has 18 heavy (non-hydrogen) atoms. The molecule has 2 rings (SSSR count). The van der Waals surface area contributed by atoms with Gasteiger partial charge in [-0.05, 0) is 38.5 Å². The highest BCUT2D eigenvalue weighted by atomic mass is 16.5. The predicted molar refractivity (Wildman–Crippen MR) is 72.8 cm³/mol. The van der Waals surface area contributed by atoms with Crippen LogP contribution in [0.1, 0.15) is 47.0 Å². The van der Waals surface area contributed by atoms with Crippen LogP contribution < -0.4 is 10.1 Å². The van der Waals surface area contributed by atoms with Crippen LogP contribution in [0.2, 0.25) is 0 Å². The molecule has 0 saturated heterocycles. The van der Waals surface area contributed by atoms with Gasteiger partial charge in [-0.15, -0.1) is 0 Å². The van der Waals surface area contributed by atoms with Crippen LogP contribution in [0.25, 0.3) is 0 Å². The third-order valence-electron chi connectivity index (χ3n) is 3.29. The zero-order valence-corrected chi connectivity index (χ0v) is 11.7. The van der Waals surface area contributed by atoms with E-state index in [4.69, 9.17) is 4.74 Å². The lowest BCUT2D eigenvalue weighted by Crippen LogP contribution is -2.19. The third kappa shape index (κ3) is 3.59. The maximum atomic E-state index is 5.57. The number of hydrogen-bond donors (Lipinski definition) is 1. The SMILES string of the molecule is CC(C)Oc1ccnc(NC2CCC(C)(C)C2)n1. The van der Waals surface area contributed by atoms with Gasteiger partial charge in [0, 0.05) is 18.3 Å². The molecule has 0 spiro atoms. The Morgan fingerprint density at radius 1 is 1.44 bits per heavy atom. The van der Waals surface area contributed by atoms with Crippen LogP contribution in [0, 0.1) is 5.41 Å². The molecule has 1 atom stereocenters. The summed E-state index contributed by atoms with van der Waals surface area (Å²) < 4.78 is 5.57. The number of aromatic nitrogens is 2. The van der Waals surface area contributed by atoms with Gasteiger partial charge in [-0.25, -0.2) is 4.98 Å². The third-order valence-corrected chi connectivity index (χ3v) is 3.29. The van der Waals surface area contributed by atoms with Crippen LogP contribution in [0.5, 0.6) is 5.88 Å². The van der Waals surface area contributed by atoms with Gasteiger partial charge in [0.2, 0.25) is 11.8 Å². The van der Waals surface area contributed by atoms with Crippen molar-refractivity contribution in [2.45, 2.75) is 59.1 Å². The first-order chi connectivity index (χ1) is 8.44. The van der Waals surface area contributed by atoms with Crippen LogP contribution in [0.15, 0.2) is 12.3 Å². The van der Waals surface area contributed by atoms with Crippen molar-refractivity contribution < 1.29 is 4.74 Å². The van der Waals surface area contributed by atoms with Gasteiger partial charge < -0.3 is 10.1 Å². The Labute approximate surface area is 109 Å². The number of hydrogen-bond acceptors (Lipinski definition) is 4. The fraction of sp³-hybridized carbons (Fsp3) is 0.714. The van der Waals surface area contributed by atoms with Gasteiger partial charge in [0.05, 0.1) is 6.10 Å². The molecule has 4 heteroatoms. The van der Waals surface area contributed by atoms with Crippen LogP contribution in [0.4, 0.5) is 5.95 Å². The molecule has 1 unspecified atom stereocenters. The molecule has 1 heterocycles. The van der Waals surface area contributed by atoms with Gasteiger partial charge in [0.1, 0.15) is 0 Å².